The molecule has 0 fully saturated rings. The lowest BCUT2D eigenvalue weighted by Crippen LogP contribution is -2.43. The second-order valence-corrected chi connectivity index (χ2v) is 7.11. The Bertz CT molecular complexity index is 939. The molecule has 0 saturated carbocycles. The van der Waals surface area contributed by atoms with Crippen LogP contribution in [0.5, 0.6) is 0 Å². The van der Waals surface area contributed by atoms with Crippen LogP contribution < -0.4 is 10.6 Å². The molecule has 3 aromatic heterocycles. The number of carbonyl (C=O) groups excluding carboxylic acids is 1. The van der Waals surface area contributed by atoms with Gasteiger partial charge >= 0.3 is 0 Å². The summed E-state index contributed by atoms with van der Waals surface area (Å²) in [7, 11) is 0. The van der Waals surface area contributed by atoms with Gasteiger partial charge in [-0.2, -0.15) is 0 Å². The number of aromatic nitrogens is 4. The summed E-state index contributed by atoms with van der Waals surface area (Å²) in [4.78, 5) is 28.7. The molecule has 8 heteroatoms. The predicted molar refractivity (Wildman–Crippen MR) is 108 cm³/mol. The molecule has 1 atom stereocenters. The van der Waals surface area contributed by atoms with Crippen LogP contribution in [0.2, 0.25) is 5.02 Å². The molecule has 0 unspecified atom stereocenters. The third kappa shape index (κ3) is 4.36. The highest BCUT2D eigenvalue weighted by molar-refractivity contribution is 6.31. The number of rotatable bonds is 7. The number of pyridine rings is 1. The molecule has 27 heavy (non-hydrogen) atoms. The number of nitrogens with zero attached hydrogens (tertiary/aromatic N) is 3. The molecule has 0 radical (unpaired) electrons. The Labute approximate surface area is 163 Å². The molecule has 0 aliphatic heterocycles. The summed E-state index contributed by atoms with van der Waals surface area (Å²) in [6.45, 7) is 6.68. The normalized spacial score (nSPS) is 12.3. The highest BCUT2D eigenvalue weighted by Crippen LogP contribution is 2.27. The van der Waals surface area contributed by atoms with Crippen molar-refractivity contribution in [3.05, 3.63) is 35.7 Å². The maximum absolute atomic E-state index is 12.4. The Morgan fingerprint density at radius 3 is 2.89 bits per heavy atom. The average Bonchev–Trinajstić information content (AvgIpc) is 3.07. The molecular weight excluding hydrogens is 364 g/mol. The third-order valence-corrected chi connectivity index (χ3v) is 4.40. The number of anilines is 1. The molecule has 0 aromatic carbocycles. The minimum absolute atomic E-state index is 0.0323. The van der Waals surface area contributed by atoms with E-state index in [-0.39, 0.29) is 17.9 Å². The number of nitrogens with one attached hydrogen (secondary N) is 3. The summed E-state index contributed by atoms with van der Waals surface area (Å²) in [6, 6.07) is 3.21. The van der Waals surface area contributed by atoms with E-state index < -0.39 is 0 Å². The van der Waals surface area contributed by atoms with Crippen molar-refractivity contribution in [2.75, 3.05) is 11.9 Å². The van der Waals surface area contributed by atoms with E-state index in [0.717, 1.165) is 23.0 Å². The van der Waals surface area contributed by atoms with Crippen LogP contribution in [0.15, 0.2) is 30.7 Å². The van der Waals surface area contributed by atoms with Gasteiger partial charge in [-0.05, 0) is 24.5 Å². The molecule has 3 rings (SSSR count). The lowest BCUT2D eigenvalue weighted by molar-refractivity contribution is -0.122. The van der Waals surface area contributed by atoms with Crippen molar-refractivity contribution in [2.24, 2.45) is 5.92 Å². The quantitative estimate of drug-likeness (QED) is 0.576. The minimum atomic E-state index is -0.376. The number of hydrogen-bond donors (Lipinski definition) is 3. The van der Waals surface area contributed by atoms with Gasteiger partial charge in [0.1, 0.15) is 17.5 Å². The molecule has 0 bridgehead atoms. The van der Waals surface area contributed by atoms with Crippen LogP contribution in [0.1, 0.15) is 27.2 Å². The molecule has 3 N–H and O–H groups in total. The molecule has 0 spiro atoms. The molecule has 3 heterocycles. The van der Waals surface area contributed by atoms with Crippen LogP contribution in [0.25, 0.3) is 22.4 Å². The SMILES string of the molecule is CCCNC(=O)[C@H](Nc1ccnc(-c2c[nH]c3ncc(Cl)cc23)n1)C(C)C. The summed E-state index contributed by atoms with van der Waals surface area (Å²) in [6.07, 6.45) is 5.96. The second-order valence-electron chi connectivity index (χ2n) is 6.67. The number of halogens is 1. The van der Waals surface area contributed by atoms with E-state index in [1.165, 1.54) is 0 Å². The van der Waals surface area contributed by atoms with E-state index in [9.17, 15) is 4.79 Å². The monoisotopic (exact) mass is 386 g/mol. The third-order valence-electron chi connectivity index (χ3n) is 4.20. The van der Waals surface area contributed by atoms with Gasteiger partial charge in [-0.1, -0.05) is 32.4 Å². The largest absolute Gasteiger partial charge is 0.358 e. The predicted octanol–water partition coefficient (Wildman–Crippen LogP) is 3.64. The van der Waals surface area contributed by atoms with Crippen molar-refractivity contribution in [1.82, 2.24) is 25.3 Å². The lowest BCUT2D eigenvalue weighted by Gasteiger charge is -2.22. The number of amides is 1. The fraction of sp³-hybridized carbons (Fsp3) is 0.368. The molecule has 7 nitrogen and oxygen atoms in total. The number of H-pyrrole nitrogens is 1. The first-order valence-corrected chi connectivity index (χ1v) is 9.37. The summed E-state index contributed by atoms with van der Waals surface area (Å²) in [5, 5.41) is 7.56. The fourth-order valence-electron chi connectivity index (χ4n) is 2.78. The molecular formula is C19H23ClN6O. The maximum Gasteiger partial charge on any atom is 0.242 e. The Hall–Kier alpha value is -2.67. The molecule has 0 saturated heterocycles. The van der Waals surface area contributed by atoms with Crippen molar-refractivity contribution in [3.8, 4) is 11.4 Å². The summed E-state index contributed by atoms with van der Waals surface area (Å²) in [5.74, 6) is 1.20. The van der Waals surface area contributed by atoms with Gasteiger partial charge in [0.25, 0.3) is 0 Å². The van der Waals surface area contributed by atoms with E-state index >= 15 is 0 Å². The van der Waals surface area contributed by atoms with Gasteiger partial charge in [-0.25, -0.2) is 15.0 Å². The van der Waals surface area contributed by atoms with Gasteiger partial charge in [0, 0.05) is 36.1 Å². The van der Waals surface area contributed by atoms with E-state index in [0.29, 0.717) is 23.2 Å². The Balaban J connectivity index is 1.88. The van der Waals surface area contributed by atoms with Crippen molar-refractivity contribution < 1.29 is 4.79 Å². The van der Waals surface area contributed by atoms with Crippen LogP contribution in [0.3, 0.4) is 0 Å². The van der Waals surface area contributed by atoms with Crippen molar-refractivity contribution in [2.45, 2.75) is 33.2 Å². The van der Waals surface area contributed by atoms with E-state index in [4.69, 9.17) is 11.6 Å². The van der Waals surface area contributed by atoms with Gasteiger partial charge in [0.2, 0.25) is 5.91 Å². The zero-order chi connectivity index (χ0) is 19.4. The van der Waals surface area contributed by atoms with Gasteiger partial charge in [-0.3, -0.25) is 4.79 Å². The van der Waals surface area contributed by atoms with Gasteiger partial charge in [-0.15, -0.1) is 0 Å². The topological polar surface area (TPSA) is 95.6 Å². The molecule has 0 aliphatic rings. The molecule has 1 amide bonds. The zero-order valence-electron chi connectivity index (χ0n) is 15.6. The first kappa shape index (κ1) is 19.1. The second kappa shape index (κ2) is 8.35. The average molecular weight is 387 g/mol. The van der Waals surface area contributed by atoms with E-state index in [1.54, 1.807) is 24.7 Å². The van der Waals surface area contributed by atoms with Crippen molar-refractivity contribution >= 4 is 34.4 Å². The highest BCUT2D eigenvalue weighted by atomic mass is 35.5. The van der Waals surface area contributed by atoms with Crippen LogP contribution in [-0.2, 0) is 4.79 Å². The Morgan fingerprint density at radius 1 is 1.33 bits per heavy atom. The first-order valence-electron chi connectivity index (χ1n) is 9.00. The van der Waals surface area contributed by atoms with E-state index in [2.05, 4.69) is 30.6 Å². The summed E-state index contributed by atoms with van der Waals surface area (Å²) < 4.78 is 0. The lowest BCUT2D eigenvalue weighted by atomic mass is 10.0. The van der Waals surface area contributed by atoms with Crippen LogP contribution >= 0.6 is 11.6 Å². The summed E-state index contributed by atoms with van der Waals surface area (Å²) >= 11 is 6.07. The highest BCUT2D eigenvalue weighted by Gasteiger charge is 2.22. The zero-order valence-corrected chi connectivity index (χ0v) is 16.3. The summed E-state index contributed by atoms with van der Waals surface area (Å²) in [5.41, 5.74) is 1.52. The van der Waals surface area contributed by atoms with Crippen molar-refractivity contribution in [3.63, 3.8) is 0 Å². The van der Waals surface area contributed by atoms with Crippen molar-refractivity contribution in [1.29, 1.82) is 0 Å². The minimum Gasteiger partial charge on any atom is -0.358 e. The number of aromatic amines is 1. The molecule has 0 aliphatic carbocycles. The van der Waals surface area contributed by atoms with Crippen LogP contribution in [0.4, 0.5) is 5.82 Å². The Morgan fingerprint density at radius 2 is 2.15 bits per heavy atom. The van der Waals surface area contributed by atoms with Crippen LogP contribution in [0, 0.1) is 5.92 Å². The number of hydrogen-bond acceptors (Lipinski definition) is 5. The standard InChI is InChI=1S/C19H23ClN6O/c1-4-6-22-19(27)16(11(2)3)25-15-5-7-21-18(26-15)14-10-24-17-13(14)8-12(20)9-23-17/h5,7-11,16H,4,6H2,1-3H3,(H,22,27)(H,23,24)(H,21,25,26)/t16-/m1/s1. The fourth-order valence-corrected chi connectivity index (χ4v) is 2.94. The smallest absolute Gasteiger partial charge is 0.242 e. The van der Waals surface area contributed by atoms with Gasteiger partial charge in [0.05, 0.1) is 5.02 Å². The van der Waals surface area contributed by atoms with Gasteiger partial charge in [0.15, 0.2) is 5.82 Å². The molecule has 3 aromatic rings. The van der Waals surface area contributed by atoms with Gasteiger partial charge < -0.3 is 15.6 Å². The molecule has 142 valence electrons. The number of fused-ring (bicyclic) bond motifs is 1. The number of carbonyl (C=O) groups is 1. The first-order chi connectivity index (χ1) is 13.0. The van der Waals surface area contributed by atoms with Crippen LogP contribution in [-0.4, -0.2) is 38.4 Å². The maximum atomic E-state index is 12.4. The van der Waals surface area contributed by atoms with E-state index in [1.807, 2.05) is 26.8 Å². The Kier molecular flexibility index (Phi) is 5.91.